The van der Waals surface area contributed by atoms with Gasteiger partial charge < -0.3 is 9.88 Å². The summed E-state index contributed by atoms with van der Waals surface area (Å²) in [5.41, 5.74) is 0.914. The van der Waals surface area contributed by atoms with Gasteiger partial charge in [-0.25, -0.2) is 0 Å². The summed E-state index contributed by atoms with van der Waals surface area (Å²) < 4.78 is 14.5. The van der Waals surface area contributed by atoms with Gasteiger partial charge in [-0.3, -0.25) is 4.79 Å². The zero-order chi connectivity index (χ0) is 22.9. The Labute approximate surface area is 191 Å². The average molecular weight is 452 g/mol. The van der Waals surface area contributed by atoms with Gasteiger partial charge in [0.25, 0.3) is 5.91 Å². The molecule has 31 heavy (non-hydrogen) atoms. The fourth-order valence-corrected chi connectivity index (χ4v) is 6.49. The summed E-state index contributed by atoms with van der Waals surface area (Å²) in [4.78, 5) is 13.3. The van der Waals surface area contributed by atoms with Crippen LogP contribution in [-0.2, 0) is 9.31 Å². The Morgan fingerprint density at radius 3 is 1.71 bits per heavy atom. The van der Waals surface area contributed by atoms with Crippen LogP contribution >= 0.6 is 19.8 Å². The number of hydrogen-bond donors (Lipinski definition) is 2. The van der Waals surface area contributed by atoms with Crippen LogP contribution < -0.4 is 21.2 Å². The van der Waals surface area contributed by atoms with E-state index < -0.39 is 17.4 Å². The van der Waals surface area contributed by atoms with E-state index in [2.05, 4.69) is 5.32 Å². The van der Waals surface area contributed by atoms with Crippen molar-refractivity contribution in [2.75, 3.05) is 0 Å². The van der Waals surface area contributed by atoms with E-state index in [0.29, 0.717) is 21.5 Å². The van der Waals surface area contributed by atoms with E-state index >= 15 is 0 Å². The first-order valence-corrected chi connectivity index (χ1v) is 12.5. The van der Waals surface area contributed by atoms with Crippen molar-refractivity contribution >= 4 is 41.6 Å². The van der Waals surface area contributed by atoms with Crippen LogP contribution in [0.25, 0.3) is 0 Å². The predicted molar refractivity (Wildman–Crippen MR) is 135 cm³/mol. The summed E-state index contributed by atoms with van der Waals surface area (Å²) in [7, 11) is -3.32. The number of rotatable bonds is 5. The zero-order valence-corrected chi connectivity index (χ0v) is 20.5. The van der Waals surface area contributed by atoms with E-state index in [1.165, 1.54) is 0 Å². The molecular weight excluding hydrogens is 421 g/mol. The average Bonchev–Trinajstić information content (AvgIpc) is 2.72. The van der Waals surface area contributed by atoms with Crippen LogP contribution in [0.3, 0.4) is 0 Å². The zero-order valence-electron chi connectivity index (χ0n) is 18.7. The number of benzene rings is 3. The largest absolute Gasteiger partial charge is 0.347 e. The van der Waals surface area contributed by atoms with E-state index in [1.54, 1.807) is 6.07 Å². The minimum absolute atomic E-state index is 0.238. The SMILES string of the molecule is CC(C)(C)NC(=O)c1ccc(C(C)(C)S)cc1P(=O)(c1ccccc1)c1ccccc1. The van der Waals surface area contributed by atoms with Gasteiger partial charge in [-0.15, -0.1) is 0 Å². The van der Waals surface area contributed by atoms with Gasteiger partial charge in [-0.2, -0.15) is 12.6 Å². The first-order valence-electron chi connectivity index (χ1n) is 10.3. The van der Waals surface area contributed by atoms with Crippen LogP contribution in [0.1, 0.15) is 50.5 Å². The fourth-order valence-electron chi connectivity index (χ4n) is 3.48. The van der Waals surface area contributed by atoms with Gasteiger partial charge in [-0.1, -0.05) is 66.7 Å². The van der Waals surface area contributed by atoms with E-state index in [0.717, 1.165) is 5.56 Å². The van der Waals surface area contributed by atoms with E-state index in [-0.39, 0.29) is 5.91 Å². The molecule has 0 saturated heterocycles. The molecule has 0 aliphatic heterocycles. The Morgan fingerprint density at radius 2 is 1.29 bits per heavy atom. The van der Waals surface area contributed by atoms with Crippen LogP contribution in [0.4, 0.5) is 0 Å². The molecule has 0 spiro atoms. The van der Waals surface area contributed by atoms with E-state index in [1.807, 2.05) is 107 Å². The van der Waals surface area contributed by atoms with Gasteiger partial charge in [0.2, 0.25) is 0 Å². The number of hydrogen-bond acceptors (Lipinski definition) is 3. The summed E-state index contributed by atoms with van der Waals surface area (Å²) in [6.07, 6.45) is 0. The second-order valence-corrected chi connectivity index (χ2v) is 13.1. The Morgan fingerprint density at radius 1 is 0.806 bits per heavy atom. The molecular formula is C26H30NO2PS. The maximum atomic E-state index is 15.0. The number of carbonyl (C=O) groups is 1. The highest BCUT2D eigenvalue weighted by atomic mass is 32.1. The maximum absolute atomic E-state index is 15.0. The van der Waals surface area contributed by atoms with Crippen molar-refractivity contribution in [3.63, 3.8) is 0 Å². The van der Waals surface area contributed by atoms with E-state index in [9.17, 15) is 9.36 Å². The van der Waals surface area contributed by atoms with Gasteiger partial charge in [-0.05, 0) is 52.3 Å². The third kappa shape index (κ3) is 5.14. The lowest BCUT2D eigenvalue weighted by Gasteiger charge is -2.27. The normalized spacial score (nSPS) is 12.5. The molecule has 0 radical (unpaired) electrons. The van der Waals surface area contributed by atoms with Gasteiger partial charge in [0.15, 0.2) is 7.14 Å². The lowest BCUT2D eigenvalue weighted by atomic mass is 10.00. The molecule has 3 aromatic carbocycles. The third-order valence-corrected chi connectivity index (χ3v) is 8.37. The lowest BCUT2D eigenvalue weighted by Crippen LogP contribution is -2.43. The topological polar surface area (TPSA) is 46.2 Å². The molecule has 0 heterocycles. The second kappa shape index (κ2) is 8.68. The maximum Gasteiger partial charge on any atom is 0.252 e. The lowest BCUT2D eigenvalue weighted by molar-refractivity contribution is 0.0920. The Balaban J connectivity index is 2.36. The third-order valence-electron chi connectivity index (χ3n) is 5.02. The molecule has 0 aliphatic rings. The molecule has 162 valence electrons. The molecule has 3 rings (SSSR count). The molecule has 0 saturated carbocycles. The quantitative estimate of drug-likeness (QED) is 0.423. The van der Waals surface area contributed by atoms with Gasteiger partial charge >= 0.3 is 0 Å². The minimum atomic E-state index is -3.32. The molecule has 0 aliphatic carbocycles. The summed E-state index contributed by atoms with van der Waals surface area (Å²) in [5.74, 6) is -0.238. The number of amides is 1. The van der Waals surface area contributed by atoms with Crippen LogP contribution in [-0.4, -0.2) is 11.4 Å². The molecule has 1 amide bonds. The van der Waals surface area contributed by atoms with Crippen molar-refractivity contribution in [3.05, 3.63) is 90.0 Å². The van der Waals surface area contributed by atoms with Gasteiger partial charge in [0.05, 0.1) is 5.56 Å². The van der Waals surface area contributed by atoms with E-state index in [4.69, 9.17) is 12.6 Å². The number of thiol groups is 1. The smallest absolute Gasteiger partial charge is 0.252 e. The van der Waals surface area contributed by atoms with Crippen molar-refractivity contribution in [2.45, 2.75) is 44.9 Å². The van der Waals surface area contributed by atoms with Gasteiger partial charge in [0.1, 0.15) is 0 Å². The predicted octanol–water partition coefficient (Wildman–Crippen LogP) is 5.02. The van der Waals surface area contributed by atoms with Crippen LogP contribution in [0.15, 0.2) is 78.9 Å². The second-order valence-electron chi connectivity index (χ2n) is 9.28. The summed E-state index contributed by atoms with van der Waals surface area (Å²) in [5, 5.41) is 4.95. The van der Waals surface area contributed by atoms with Gasteiger partial charge in [0, 0.05) is 26.2 Å². The van der Waals surface area contributed by atoms with Crippen LogP contribution in [0, 0.1) is 0 Å². The first-order chi connectivity index (χ1) is 14.4. The molecule has 0 atom stereocenters. The van der Waals surface area contributed by atoms with Crippen LogP contribution in [0.5, 0.6) is 0 Å². The highest BCUT2D eigenvalue weighted by Crippen LogP contribution is 2.44. The Bertz CT molecular complexity index is 1070. The van der Waals surface area contributed by atoms with Crippen molar-refractivity contribution in [1.29, 1.82) is 0 Å². The Kier molecular flexibility index (Phi) is 6.55. The summed E-state index contributed by atoms with van der Waals surface area (Å²) in [6, 6.07) is 24.4. The standard InChI is InChI=1S/C26H30NO2PS/c1-25(2,3)27-24(28)22-17-16-19(26(4,5)31)18-23(22)30(29,20-12-8-6-9-13-20)21-14-10-7-11-15-21/h6-18,31H,1-5H3,(H,27,28). The molecule has 5 heteroatoms. The number of carbonyl (C=O) groups excluding carboxylic acids is 1. The molecule has 3 aromatic rings. The van der Waals surface area contributed by atoms with Crippen molar-refractivity contribution in [3.8, 4) is 0 Å². The van der Waals surface area contributed by atoms with Crippen LogP contribution in [0.2, 0.25) is 0 Å². The molecule has 3 nitrogen and oxygen atoms in total. The molecule has 1 N–H and O–H groups in total. The van der Waals surface area contributed by atoms with Crippen molar-refractivity contribution in [1.82, 2.24) is 5.32 Å². The molecule has 0 bridgehead atoms. The summed E-state index contributed by atoms with van der Waals surface area (Å²) in [6.45, 7) is 9.78. The monoisotopic (exact) mass is 451 g/mol. The Hall–Kier alpha value is -2.29. The van der Waals surface area contributed by atoms with Crippen molar-refractivity contribution in [2.24, 2.45) is 0 Å². The number of nitrogens with one attached hydrogen (secondary N) is 1. The van der Waals surface area contributed by atoms with Crippen molar-refractivity contribution < 1.29 is 9.36 Å². The highest BCUT2D eigenvalue weighted by molar-refractivity contribution is 7.85. The fraction of sp³-hybridized carbons (Fsp3) is 0.269. The summed E-state index contributed by atoms with van der Waals surface area (Å²) >= 11 is 4.73. The minimum Gasteiger partial charge on any atom is -0.347 e. The molecule has 0 fully saturated rings. The molecule has 0 aromatic heterocycles. The molecule has 0 unspecified atom stereocenters. The highest BCUT2D eigenvalue weighted by Gasteiger charge is 2.35. The first kappa shape index (κ1) is 23.4.